The average Bonchev–Trinajstić information content (AvgIpc) is 3.04. The number of ether oxygens (including phenoxy) is 2. The lowest BCUT2D eigenvalue weighted by Gasteiger charge is -2.22. The standard InChI is InChI=1S/C18H29NO2/c1-3-13-19-17(11-6-8-15-9-7-14-21-15)16-10-4-5-12-18(16)20-2/h4-5,10,12,15,17,19H,3,6-9,11,13-14H2,1-2H3. The van der Waals surface area contributed by atoms with E-state index in [1.54, 1.807) is 7.11 Å². The highest BCUT2D eigenvalue weighted by Gasteiger charge is 2.18. The van der Waals surface area contributed by atoms with Crippen LogP contribution in [0.15, 0.2) is 24.3 Å². The molecule has 2 unspecified atom stereocenters. The van der Waals surface area contributed by atoms with Crippen LogP contribution >= 0.6 is 0 Å². The third-order valence-electron chi connectivity index (χ3n) is 4.20. The molecule has 1 aliphatic heterocycles. The van der Waals surface area contributed by atoms with Crippen molar-refractivity contribution in [1.29, 1.82) is 0 Å². The number of para-hydroxylation sites is 1. The summed E-state index contributed by atoms with van der Waals surface area (Å²) in [7, 11) is 1.75. The van der Waals surface area contributed by atoms with Crippen molar-refractivity contribution >= 4 is 0 Å². The molecule has 1 saturated heterocycles. The third kappa shape index (κ3) is 5.01. The van der Waals surface area contributed by atoms with Gasteiger partial charge in [0.05, 0.1) is 13.2 Å². The molecule has 0 aliphatic carbocycles. The molecule has 1 aliphatic rings. The predicted octanol–water partition coefficient (Wildman–Crippen LogP) is 4.09. The van der Waals surface area contributed by atoms with E-state index in [9.17, 15) is 0 Å². The van der Waals surface area contributed by atoms with Gasteiger partial charge in [0.25, 0.3) is 0 Å². The van der Waals surface area contributed by atoms with E-state index in [1.807, 2.05) is 6.07 Å². The first-order chi connectivity index (χ1) is 10.3. The molecule has 3 nitrogen and oxygen atoms in total. The molecule has 0 bridgehead atoms. The van der Waals surface area contributed by atoms with Crippen molar-refractivity contribution in [3.63, 3.8) is 0 Å². The lowest BCUT2D eigenvalue weighted by atomic mass is 9.98. The van der Waals surface area contributed by atoms with Gasteiger partial charge in [0.15, 0.2) is 0 Å². The highest BCUT2D eigenvalue weighted by Crippen LogP contribution is 2.29. The van der Waals surface area contributed by atoms with Crippen LogP contribution in [0.5, 0.6) is 5.75 Å². The number of nitrogens with one attached hydrogen (secondary N) is 1. The Kier molecular flexibility index (Phi) is 7.04. The minimum Gasteiger partial charge on any atom is -0.496 e. The molecular weight excluding hydrogens is 262 g/mol. The lowest BCUT2D eigenvalue weighted by molar-refractivity contribution is 0.101. The Labute approximate surface area is 129 Å². The molecule has 1 fully saturated rings. The van der Waals surface area contributed by atoms with Crippen molar-refractivity contribution in [2.24, 2.45) is 0 Å². The Morgan fingerprint density at radius 2 is 2.24 bits per heavy atom. The van der Waals surface area contributed by atoms with E-state index in [4.69, 9.17) is 9.47 Å². The van der Waals surface area contributed by atoms with Crippen molar-refractivity contribution in [3.8, 4) is 5.75 Å². The second-order valence-corrected chi connectivity index (χ2v) is 5.81. The molecular formula is C18H29NO2. The molecule has 2 atom stereocenters. The molecule has 0 aromatic heterocycles. The molecule has 0 radical (unpaired) electrons. The molecule has 2 rings (SSSR count). The molecule has 0 saturated carbocycles. The van der Waals surface area contributed by atoms with Crippen LogP contribution in [-0.2, 0) is 4.74 Å². The largest absolute Gasteiger partial charge is 0.496 e. The molecule has 1 N–H and O–H groups in total. The summed E-state index contributed by atoms with van der Waals surface area (Å²) in [6.07, 6.45) is 7.63. The average molecular weight is 291 g/mol. The van der Waals surface area contributed by atoms with Gasteiger partial charge in [0.2, 0.25) is 0 Å². The van der Waals surface area contributed by atoms with Gasteiger partial charge in [-0.2, -0.15) is 0 Å². The van der Waals surface area contributed by atoms with Gasteiger partial charge < -0.3 is 14.8 Å². The normalized spacial score (nSPS) is 19.6. The maximum Gasteiger partial charge on any atom is 0.123 e. The number of benzene rings is 1. The van der Waals surface area contributed by atoms with E-state index in [1.165, 1.54) is 31.2 Å². The summed E-state index contributed by atoms with van der Waals surface area (Å²) in [5, 5.41) is 3.66. The predicted molar refractivity (Wildman–Crippen MR) is 86.9 cm³/mol. The van der Waals surface area contributed by atoms with Crippen LogP contribution in [-0.4, -0.2) is 26.4 Å². The van der Waals surface area contributed by atoms with Crippen molar-refractivity contribution in [2.45, 2.75) is 57.6 Å². The van der Waals surface area contributed by atoms with Crippen molar-refractivity contribution in [3.05, 3.63) is 29.8 Å². The lowest BCUT2D eigenvalue weighted by Crippen LogP contribution is -2.23. The first-order valence-corrected chi connectivity index (χ1v) is 8.33. The zero-order valence-electron chi connectivity index (χ0n) is 13.4. The smallest absolute Gasteiger partial charge is 0.123 e. The van der Waals surface area contributed by atoms with Gasteiger partial charge in [-0.1, -0.05) is 25.1 Å². The van der Waals surface area contributed by atoms with Crippen LogP contribution in [0.3, 0.4) is 0 Å². The fourth-order valence-corrected chi connectivity index (χ4v) is 3.06. The summed E-state index contributed by atoms with van der Waals surface area (Å²) in [6, 6.07) is 8.74. The summed E-state index contributed by atoms with van der Waals surface area (Å²) in [6.45, 7) is 4.20. The first-order valence-electron chi connectivity index (χ1n) is 8.33. The Balaban J connectivity index is 1.92. The number of hydrogen-bond acceptors (Lipinski definition) is 3. The van der Waals surface area contributed by atoms with Crippen molar-refractivity contribution in [1.82, 2.24) is 5.32 Å². The van der Waals surface area contributed by atoms with Crippen molar-refractivity contribution in [2.75, 3.05) is 20.3 Å². The van der Waals surface area contributed by atoms with Crippen LogP contribution in [0, 0.1) is 0 Å². The second-order valence-electron chi connectivity index (χ2n) is 5.81. The van der Waals surface area contributed by atoms with Crippen LogP contribution in [0.4, 0.5) is 0 Å². The summed E-state index contributed by atoms with van der Waals surface area (Å²) >= 11 is 0. The van der Waals surface area contributed by atoms with Crippen LogP contribution in [0.2, 0.25) is 0 Å². The van der Waals surface area contributed by atoms with E-state index < -0.39 is 0 Å². The molecule has 0 amide bonds. The first kappa shape index (κ1) is 16.3. The van der Waals surface area contributed by atoms with E-state index in [2.05, 4.69) is 30.4 Å². The van der Waals surface area contributed by atoms with Crippen LogP contribution < -0.4 is 10.1 Å². The highest BCUT2D eigenvalue weighted by atomic mass is 16.5. The molecule has 21 heavy (non-hydrogen) atoms. The number of rotatable bonds is 9. The molecule has 1 heterocycles. The Morgan fingerprint density at radius 3 is 2.95 bits per heavy atom. The molecule has 0 spiro atoms. The summed E-state index contributed by atoms with van der Waals surface area (Å²) in [5.41, 5.74) is 1.28. The Morgan fingerprint density at radius 1 is 1.38 bits per heavy atom. The zero-order chi connectivity index (χ0) is 14.9. The zero-order valence-corrected chi connectivity index (χ0v) is 13.4. The summed E-state index contributed by atoms with van der Waals surface area (Å²) in [5.74, 6) is 0.989. The summed E-state index contributed by atoms with van der Waals surface area (Å²) in [4.78, 5) is 0. The van der Waals surface area contributed by atoms with Crippen LogP contribution in [0.1, 0.15) is 57.1 Å². The maximum atomic E-state index is 5.72. The molecule has 118 valence electrons. The highest BCUT2D eigenvalue weighted by molar-refractivity contribution is 5.35. The summed E-state index contributed by atoms with van der Waals surface area (Å²) < 4.78 is 11.2. The Bertz CT molecular complexity index is 402. The molecule has 1 aromatic carbocycles. The van der Waals surface area contributed by atoms with Gasteiger partial charge in [-0.15, -0.1) is 0 Å². The van der Waals surface area contributed by atoms with Crippen molar-refractivity contribution < 1.29 is 9.47 Å². The SMILES string of the molecule is CCCNC(CCCC1CCCO1)c1ccccc1OC. The maximum absolute atomic E-state index is 5.72. The number of methoxy groups -OCH3 is 1. The van der Waals surface area contributed by atoms with Gasteiger partial charge in [0.1, 0.15) is 5.75 Å². The second kappa shape index (κ2) is 9.06. The van der Waals surface area contributed by atoms with E-state index >= 15 is 0 Å². The van der Waals surface area contributed by atoms with Gasteiger partial charge in [-0.3, -0.25) is 0 Å². The molecule has 1 aromatic rings. The van der Waals surface area contributed by atoms with E-state index in [0.717, 1.165) is 31.7 Å². The van der Waals surface area contributed by atoms with Gasteiger partial charge in [0, 0.05) is 18.2 Å². The minimum absolute atomic E-state index is 0.377. The third-order valence-corrected chi connectivity index (χ3v) is 4.20. The topological polar surface area (TPSA) is 30.5 Å². The fraction of sp³-hybridized carbons (Fsp3) is 0.667. The van der Waals surface area contributed by atoms with E-state index in [-0.39, 0.29) is 0 Å². The van der Waals surface area contributed by atoms with Gasteiger partial charge in [-0.25, -0.2) is 0 Å². The number of hydrogen-bond donors (Lipinski definition) is 1. The fourth-order valence-electron chi connectivity index (χ4n) is 3.06. The van der Waals surface area contributed by atoms with Gasteiger partial charge >= 0.3 is 0 Å². The molecule has 3 heteroatoms. The van der Waals surface area contributed by atoms with E-state index in [0.29, 0.717) is 12.1 Å². The van der Waals surface area contributed by atoms with Crippen LogP contribution in [0.25, 0.3) is 0 Å². The van der Waals surface area contributed by atoms with Gasteiger partial charge in [-0.05, 0) is 51.1 Å². The minimum atomic E-state index is 0.377. The monoisotopic (exact) mass is 291 g/mol. The quantitative estimate of drug-likeness (QED) is 0.743. The Hall–Kier alpha value is -1.06.